The minimum Gasteiger partial charge on any atom is -0.318 e. The zero-order valence-electron chi connectivity index (χ0n) is 15.2. The van der Waals surface area contributed by atoms with Gasteiger partial charge in [0.25, 0.3) is 5.56 Å². The molecular formula is C19H22N6O2. The number of imidazole rings is 1. The van der Waals surface area contributed by atoms with Crippen LogP contribution in [0.4, 0.5) is 0 Å². The standard InChI is InChI=1S/C19H22N6O2/c1-22-11-15(4-6-18(22)26)12-23-9-2-3-16(23)13-25-19(27)7-5-17(21-25)24-10-8-20-14-24/h4-8,10-11,14,16H,2-3,9,12-13H2,1H3. The summed E-state index contributed by atoms with van der Waals surface area (Å²) in [6, 6.07) is 6.97. The molecule has 3 aromatic rings. The number of aryl methyl sites for hydroxylation is 1. The monoisotopic (exact) mass is 366 g/mol. The lowest BCUT2D eigenvalue weighted by atomic mass is 10.2. The van der Waals surface area contributed by atoms with Gasteiger partial charge in [-0.25, -0.2) is 9.67 Å². The average Bonchev–Trinajstić information content (AvgIpc) is 3.33. The van der Waals surface area contributed by atoms with Crippen LogP contribution in [0.5, 0.6) is 0 Å². The van der Waals surface area contributed by atoms with Gasteiger partial charge in [0.15, 0.2) is 5.82 Å². The van der Waals surface area contributed by atoms with Crippen molar-refractivity contribution in [2.45, 2.75) is 32.0 Å². The third-order valence-electron chi connectivity index (χ3n) is 5.04. The Morgan fingerprint density at radius 3 is 2.78 bits per heavy atom. The van der Waals surface area contributed by atoms with Crippen molar-refractivity contribution in [3.8, 4) is 5.82 Å². The molecule has 0 aliphatic carbocycles. The van der Waals surface area contributed by atoms with Gasteiger partial charge in [-0.3, -0.25) is 19.1 Å². The van der Waals surface area contributed by atoms with Gasteiger partial charge in [0, 0.05) is 50.4 Å². The molecular weight excluding hydrogens is 344 g/mol. The van der Waals surface area contributed by atoms with E-state index in [1.54, 1.807) is 57.8 Å². The molecule has 8 nitrogen and oxygen atoms in total. The Kier molecular flexibility index (Phi) is 4.72. The van der Waals surface area contributed by atoms with E-state index in [4.69, 9.17) is 0 Å². The van der Waals surface area contributed by atoms with Crippen LogP contribution in [0, 0.1) is 0 Å². The maximum absolute atomic E-state index is 12.3. The van der Waals surface area contributed by atoms with E-state index in [1.807, 2.05) is 12.3 Å². The molecule has 1 saturated heterocycles. The van der Waals surface area contributed by atoms with Gasteiger partial charge in [0.05, 0.1) is 6.54 Å². The van der Waals surface area contributed by atoms with Gasteiger partial charge in [-0.1, -0.05) is 6.07 Å². The predicted molar refractivity (Wildman–Crippen MR) is 101 cm³/mol. The summed E-state index contributed by atoms with van der Waals surface area (Å²) >= 11 is 0. The molecule has 8 heteroatoms. The number of aromatic nitrogens is 5. The fourth-order valence-corrected chi connectivity index (χ4v) is 3.59. The first-order chi connectivity index (χ1) is 13.1. The Labute approximate surface area is 156 Å². The van der Waals surface area contributed by atoms with Crippen molar-refractivity contribution in [2.75, 3.05) is 6.54 Å². The first-order valence-corrected chi connectivity index (χ1v) is 9.06. The van der Waals surface area contributed by atoms with Crippen LogP contribution in [0.15, 0.2) is 58.8 Å². The summed E-state index contributed by atoms with van der Waals surface area (Å²) in [7, 11) is 1.76. The largest absolute Gasteiger partial charge is 0.318 e. The van der Waals surface area contributed by atoms with Gasteiger partial charge in [-0.2, -0.15) is 5.10 Å². The van der Waals surface area contributed by atoms with Gasteiger partial charge in [0.2, 0.25) is 5.56 Å². The molecule has 27 heavy (non-hydrogen) atoms. The molecule has 0 N–H and O–H groups in total. The van der Waals surface area contributed by atoms with E-state index in [2.05, 4.69) is 15.0 Å². The molecule has 0 saturated carbocycles. The molecule has 0 amide bonds. The number of likely N-dealkylation sites (tertiary alicyclic amines) is 1. The summed E-state index contributed by atoms with van der Waals surface area (Å²) in [6.45, 7) is 2.28. The van der Waals surface area contributed by atoms with Gasteiger partial charge in [-0.15, -0.1) is 0 Å². The van der Waals surface area contributed by atoms with Crippen LogP contribution in [0.2, 0.25) is 0 Å². The van der Waals surface area contributed by atoms with Crippen molar-refractivity contribution in [2.24, 2.45) is 7.05 Å². The highest BCUT2D eigenvalue weighted by molar-refractivity contribution is 5.19. The summed E-state index contributed by atoms with van der Waals surface area (Å²) in [4.78, 5) is 30.3. The van der Waals surface area contributed by atoms with Crippen LogP contribution >= 0.6 is 0 Å². The van der Waals surface area contributed by atoms with Crippen molar-refractivity contribution in [3.05, 3.63) is 75.5 Å². The Balaban J connectivity index is 1.53. The number of rotatable bonds is 5. The number of hydrogen-bond donors (Lipinski definition) is 0. The van der Waals surface area contributed by atoms with Gasteiger partial charge < -0.3 is 4.57 Å². The molecule has 1 fully saturated rings. The summed E-state index contributed by atoms with van der Waals surface area (Å²) in [5.41, 5.74) is 0.980. The molecule has 140 valence electrons. The lowest BCUT2D eigenvalue weighted by Crippen LogP contribution is -2.37. The SMILES string of the molecule is Cn1cc(CN2CCCC2Cn2nc(-n3ccnc3)ccc2=O)ccc1=O. The van der Waals surface area contributed by atoms with Crippen LogP contribution in [0.25, 0.3) is 5.82 Å². The second-order valence-corrected chi connectivity index (χ2v) is 6.93. The zero-order valence-corrected chi connectivity index (χ0v) is 15.2. The lowest BCUT2D eigenvalue weighted by Gasteiger charge is -2.25. The molecule has 4 heterocycles. The number of pyridine rings is 1. The highest BCUT2D eigenvalue weighted by Crippen LogP contribution is 2.20. The summed E-state index contributed by atoms with van der Waals surface area (Å²) in [5, 5.41) is 4.50. The van der Waals surface area contributed by atoms with Crippen LogP contribution in [-0.4, -0.2) is 41.4 Å². The second-order valence-electron chi connectivity index (χ2n) is 6.93. The highest BCUT2D eigenvalue weighted by atomic mass is 16.1. The highest BCUT2D eigenvalue weighted by Gasteiger charge is 2.25. The Morgan fingerprint density at radius 2 is 2.00 bits per heavy atom. The van der Waals surface area contributed by atoms with Crippen LogP contribution < -0.4 is 11.1 Å². The van der Waals surface area contributed by atoms with Crippen LogP contribution in [0.3, 0.4) is 0 Å². The molecule has 0 aromatic carbocycles. The Hall–Kier alpha value is -3.00. The molecule has 1 unspecified atom stereocenters. The van der Waals surface area contributed by atoms with E-state index in [1.165, 1.54) is 0 Å². The third-order valence-corrected chi connectivity index (χ3v) is 5.04. The molecule has 3 aromatic heterocycles. The summed E-state index contributed by atoms with van der Waals surface area (Å²) < 4.78 is 4.92. The van der Waals surface area contributed by atoms with Crippen LogP contribution in [0.1, 0.15) is 18.4 Å². The molecule has 0 spiro atoms. The first-order valence-electron chi connectivity index (χ1n) is 9.06. The van der Waals surface area contributed by atoms with E-state index >= 15 is 0 Å². The van der Waals surface area contributed by atoms with Crippen molar-refractivity contribution in [1.29, 1.82) is 0 Å². The molecule has 1 atom stereocenters. The molecule has 1 aliphatic heterocycles. The Bertz CT molecular complexity index is 1040. The van der Waals surface area contributed by atoms with Crippen LogP contribution in [-0.2, 0) is 20.1 Å². The Morgan fingerprint density at radius 1 is 1.15 bits per heavy atom. The maximum atomic E-state index is 12.3. The normalized spacial score (nSPS) is 17.4. The molecule has 1 aliphatic rings. The summed E-state index contributed by atoms with van der Waals surface area (Å²) in [5.74, 6) is 0.676. The van der Waals surface area contributed by atoms with Crippen molar-refractivity contribution >= 4 is 0 Å². The average molecular weight is 366 g/mol. The molecule has 4 rings (SSSR count). The van der Waals surface area contributed by atoms with E-state index in [0.717, 1.165) is 31.5 Å². The zero-order chi connectivity index (χ0) is 18.8. The molecule has 0 bridgehead atoms. The fraction of sp³-hybridized carbons (Fsp3) is 0.368. The fourth-order valence-electron chi connectivity index (χ4n) is 3.59. The quantitative estimate of drug-likeness (QED) is 0.667. The van der Waals surface area contributed by atoms with Gasteiger partial charge in [-0.05, 0) is 31.0 Å². The smallest absolute Gasteiger partial charge is 0.266 e. The van der Waals surface area contributed by atoms with E-state index in [0.29, 0.717) is 12.4 Å². The molecule has 0 radical (unpaired) electrons. The van der Waals surface area contributed by atoms with E-state index in [-0.39, 0.29) is 17.2 Å². The summed E-state index contributed by atoms with van der Waals surface area (Å²) in [6.07, 6.45) is 9.14. The van der Waals surface area contributed by atoms with Crippen molar-refractivity contribution < 1.29 is 0 Å². The number of hydrogen-bond acceptors (Lipinski definition) is 5. The minimum atomic E-state index is -0.104. The number of nitrogens with zero attached hydrogens (tertiary/aromatic N) is 6. The van der Waals surface area contributed by atoms with Crippen molar-refractivity contribution in [3.63, 3.8) is 0 Å². The third kappa shape index (κ3) is 3.75. The van der Waals surface area contributed by atoms with Crippen molar-refractivity contribution in [1.82, 2.24) is 28.8 Å². The topological polar surface area (TPSA) is 78.0 Å². The van der Waals surface area contributed by atoms with E-state index in [9.17, 15) is 9.59 Å². The lowest BCUT2D eigenvalue weighted by molar-refractivity contribution is 0.216. The minimum absolute atomic E-state index is 0.0104. The van der Waals surface area contributed by atoms with E-state index < -0.39 is 0 Å². The first kappa shape index (κ1) is 17.4. The van der Waals surface area contributed by atoms with Gasteiger partial charge in [0.1, 0.15) is 6.33 Å². The second kappa shape index (κ2) is 7.32. The maximum Gasteiger partial charge on any atom is 0.266 e. The predicted octanol–water partition coefficient (Wildman–Crippen LogP) is 0.792. The van der Waals surface area contributed by atoms with Gasteiger partial charge >= 0.3 is 0 Å².